The third kappa shape index (κ3) is 3.41. The molecule has 1 aliphatic rings. The van der Waals surface area contributed by atoms with Crippen molar-refractivity contribution in [1.82, 2.24) is 0 Å². The fourth-order valence-corrected chi connectivity index (χ4v) is 2.43. The van der Waals surface area contributed by atoms with Crippen molar-refractivity contribution in [3.63, 3.8) is 0 Å². The fraction of sp³-hybridized carbons (Fsp3) is 0.538. The molecule has 2 rings (SSSR count). The highest BCUT2D eigenvalue weighted by atomic mass is 35.5. The Morgan fingerprint density at radius 2 is 2.14 bits per heavy atom. The standard InChI is InChI=1S/C13H14ClF2NO4/c1-2-3-20-13-7(14)4-12(13)21-11-6-8(15)10(17(18)19)5-9(11)16/h5-7,12-13H,2-4H2,1H3. The summed E-state index contributed by atoms with van der Waals surface area (Å²) in [5.41, 5.74) is -0.928. The van der Waals surface area contributed by atoms with E-state index >= 15 is 0 Å². The summed E-state index contributed by atoms with van der Waals surface area (Å²) in [6.45, 7) is 2.42. The van der Waals surface area contributed by atoms with Crippen LogP contribution >= 0.6 is 11.6 Å². The van der Waals surface area contributed by atoms with Gasteiger partial charge in [0.25, 0.3) is 0 Å². The van der Waals surface area contributed by atoms with Gasteiger partial charge in [0.15, 0.2) is 11.6 Å². The molecule has 21 heavy (non-hydrogen) atoms. The van der Waals surface area contributed by atoms with Crippen LogP contribution in [0.2, 0.25) is 0 Å². The molecule has 0 aliphatic heterocycles. The number of rotatable bonds is 6. The molecule has 0 bridgehead atoms. The van der Waals surface area contributed by atoms with Gasteiger partial charge in [-0.15, -0.1) is 11.6 Å². The van der Waals surface area contributed by atoms with E-state index in [1.165, 1.54) is 0 Å². The van der Waals surface area contributed by atoms with Crippen molar-refractivity contribution >= 4 is 17.3 Å². The van der Waals surface area contributed by atoms with E-state index in [9.17, 15) is 18.9 Å². The summed E-state index contributed by atoms with van der Waals surface area (Å²) in [6, 6.07) is 1.18. The first-order chi connectivity index (χ1) is 9.93. The lowest BCUT2D eigenvalue weighted by Gasteiger charge is -2.40. The molecule has 0 amide bonds. The highest BCUT2D eigenvalue weighted by Gasteiger charge is 2.43. The van der Waals surface area contributed by atoms with Crippen LogP contribution in [-0.4, -0.2) is 29.1 Å². The van der Waals surface area contributed by atoms with E-state index < -0.39 is 34.5 Å². The smallest absolute Gasteiger partial charge is 0.307 e. The van der Waals surface area contributed by atoms with Gasteiger partial charge in [-0.1, -0.05) is 6.92 Å². The normalized spacial score (nSPS) is 24.5. The van der Waals surface area contributed by atoms with Gasteiger partial charge in [0.1, 0.15) is 12.2 Å². The number of nitrogens with zero attached hydrogens (tertiary/aromatic N) is 1. The first-order valence-corrected chi connectivity index (χ1v) is 6.93. The average Bonchev–Trinajstić information content (AvgIpc) is 2.41. The Hall–Kier alpha value is -1.47. The van der Waals surface area contributed by atoms with E-state index in [4.69, 9.17) is 21.1 Å². The van der Waals surface area contributed by atoms with Gasteiger partial charge in [0, 0.05) is 19.1 Å². The molecular formula is C13H14ClF2NO4. The van der Waals surface area contributed by atoms with E-state index in [0.29, 0.717) is 25.2 Å². The van der Waals surface area contributed by atoms with Gasteiger partial charge >= 0.3 is 5.69 Å². The Kier molecular flexibility index (Phi) is 4.95. The molecule has 1 fully saturated rings. The van der Waals surface area contributed by atoms with Gasteiger partial charge in [-0.2, -0.15) is 4.39 Å². The monoisotopic (exact) mass is 321 g/mol. The molecule has 116 valence electrons. The minimum Gasteiger partial charge on any atom is -0.484 e. The maximum atomic E-state index is 13.7. The van der Waals surface area contributed by atoms with E-state index in [-0.39, 0.29) is 11.1 Å². The second kappa shape index (κ2) is 6.53. The zero-order chi connectivity index (χ0) is 15.6. The van der Waals surface area contributed by atoms with Crippen molar-refractivity contribution in [2.75, 3.05) is 6.61 Å². The van der Waals surface area contributed by atoms with Crippen LogP contribution in [0.1, 0.15) is 19.8 Å². The second-order valence-corrected chi connectivity index (χ2v) is 5.30. The molecule has 3 unspecified atom stereocenters. The predicted molar refractivity (Wildman–Crippen MR) is 71.7 cm³/mol. The molecule has 5 nitrogen and oxygen atoms in total. The maximum Gasteiger partial charge on any atom is 0.307 e. The molecule has 0 radical (unpaired) electrons. The van der Waals surface area contributed by atoms with Crippen molar-refractivity contribution in [2.24, 2.45) is 0 Å². The summed E-state index contributed by atoms with van der Waals surface area (Å²) >= 11 is 5.99. The summed E-state index contributed by atoms with van der Waals surface area (Å²) in [5.74, 6) is -2.52. The Balaban J connectivity index is 2.09. The second-order valence-electron chi connectivity index (χ2n) is 4.73. The fourth-order valence-electron chi connectivity index (χ4n) is 2.02. The van der Waals surface area contributed by atoms with Gasteiger partial charge in [0.2, 0.25) is 5.82 Å². The quantitative estimate of drug-likeness (QED) is 0.457. The number of ether oxygens (including phenoxy) is 2. The number of benzene rings is 1. The number of hydrogen-bond donors (Lipinski definition) is 0. The van der Waals surface area contributed by atoms with Crippen LogP contribution in [0.5, 0.6) is 5.75 Å². The molecule has 1 aliphatic carbocycles. The van der Waals surface area contributed by atoms with Crippen molar-refractivity contribution in [3.8, 4) is 5.75 Å². The third-order valence-electron chi connectivity index (χ3n) is 3.17. The van der Waals surface area contributed by atoms with Crippen molar-refractivity contribution in [2.45, 2.75) is 37.4 Å². The summed E-state index contributed by atoms with van der Waals surface area (Å²) < 4.78 is 38.0. The topological polar surface area (TPSA) is 61.6 Å². The molecule has 8 heteroatoms. The molecule has 1 aromatic rings. The molecule has 1 saturated carbocycles. The first kappa shape index (κ1) is 15.9. The number of nitro groups is 1. The van der Waals surface area contributed by atoms with Crippen LogP contribution in [-0.2, 0) is 4.74 Å². The number of hydrogen-bond acceptors (Lipinski definition) is 4. The van der Waals surface area contributed by atoms with E-state index in [0.717, 1.165) is 6.42 Å². The molecule has 0 spiro atoms. The van der Waals surface area contributed by atoms with Gasteiger partial charge in [0.05, 0.1) is 16.4 Å². The predicted octanol–water partition coefficient (Wildman–Crippen LogP) is 3.43. The number of nitro benzene ring substituents is 1. The van der Waals surface area contributed by atoms with Crippen molar-refractivity contribution < 1.29 is 23.2 Å². The minimum atomic E-state index is -1.15. The van der Waals surface area contributed by atoms with Crippen LogP contribution in [0.3, 0.4) is 0 Å². The van der Waals surface area contributed by atoms with Gasteiger partial charge in [-0.05, 0) is 6.42 Å². The average molecular weight is 322 g/mol. The largest absolute Gasteiger partial charge is 0.484 e. The third-order valence-corrected chi connectivity index (χ3v) is 3.60. The molecule has 3 atom stereocenters. The van der Waals surface area contributed by atoms with Crippen LogP contribution in [0.25, 0.3) is 0 Å². The Morgan fingerprint density at radius 3 is 2.71 bits per heavy atom. The van der Waals surface area contributed by atoms with Crippen molar-refractivity contribution in [1.29, 1.82) is 0 Å². The van der Waals surface area contributed by atoms with Gasteiger partial charge < -0.3 is 9.47 Å². The van der Waals surface area contributed by atoms with Crippen LogP contribution in [0.15, 0.2) is 12.1 Å². The minimum absolute atomic E-state index is 0.243. The maximum absolute atomic E-state index is 13.7. The van der Waals surface area contributed by atoms with Crippen LogP contribution in [0, 0.1) is 21.7 Å². The molecular weight excluding hydrogens is 308 g/mol. The molecule has 0 heterocycles. The Morgan fingerprint density at radius 1 is 1.43 bits per heavy atom. The van der Waals surface area contributed by atoms with Crippen LogP contribution in [0.4, 0.5) is 14.5 Å². The van der Waals surface area contributed by atoms with E-state index in [1.54, 1.807) is 0 Å². The molecule has 1 aromatic carbocycles. The molecule has 0 N–H and O–H groups in total. The Labute approximate surface area is 124 Å². The summed E-state index contributed by atoms with van der Waals surface area (Å²) in [5, 5.41) is 10.3. The summed E-state index contributed by atoms with van der Waals surface area (Å²) in [6.07, 6.45) is 0.347. The lowest BCUT2D eigenvalue weighted by atomic mass is 9.91. The zero-order valence-electron chi connectivity index (χ0n) is 11.2. The SMILES string of the molecule is CCCOC1C(Cl)CC1Oc1cc(F)c([N+](=O)[O-])cc1F. The number of halogens is 3. The van der Waals surface area contributed by atoms with Gasteiger partial charge in [-0.3, -0.25) is 10.1 Å². The summed E-state index contributed by atoms with van der Waals surface area (Å²) in [7, 11) is 0. The lowest BCUT2D eigenvalue weighted by Crippen LogP contribution is -2.52. The lowest BCUT2D eigenvalue weighted by molar-refractivity contribution is -0.387. The molecule has 0 saturated heterocycles. The Bertz CT molecular complexity index is 543. The molecule has 0 aromatic heterocycles. The highest BCUT2D eigenvalue weighted by molar-refractivity contribution is 6.21. The summed E-state index contributed by atoms with van der Waals surface area (Å²) in [4.78, 5) is 9.52. The van der Waals surface area contributed by atoms with Gasteiger partial charge in [-0.25, -0.2) is 4.39 Å². The van der Waals surface area contributed by atoms with E-state index in [2.05, 4.69) is 0 Å². The van der Waals surface area contributed by atoms with E-state index in [1.807, 2.05) is 6.92 Å². The van der Waals surface area contributed by atoms with Crippen LogP contribution < -0.4 is 4.74 Å². The zero-order valence-corrected chi connectivity index (χ0v) is 12.0. The van der Waals surface area contributed by atoms with Crippen molar-refractivity contribution in [3.05, 3.63) is 33.9 Å². The first-order valence-electron chi connectivity index (χ1n) is 6.49. The highest BCUT2D eigenvalue weighted by Crippen LogP contribution is 2.35. The number of alkyl halides is 1.